The van der Waals surface area contributed by atoms with Crippen LogP contribution < -0.4 is 24.4 Å². The maximum atomic E-state index is 13.7. The fourth-order valence-corrected chi connectivity index (χ4v) is 3.82. The molecule has 7 nitrogen and oxygen atoms in total. The molecule has 0 bridgehead atoms. The lowest BCUT2D eigenvalue weighted by Gasteiger charge is -2.18. The Labute approximate surface area is 198 Å². The third-order valence-corrected chi connectivity index (χ3v) is 5.31. The standard InChI is InChI=1S/C27H26N2O5/c1-4-33-19-16-14-18(15-17-19)24-25(28-20-10-6-8-12-22(20)34-5-2)27(31)29(26(24)30)21-11-7-9-13-23(21)32-3/h6-17,28H,4-5H2,1-3H3. The number of rotatable bonds is 9. The molecule has 1 aliphatic heterocycles. The van der Waals surface area contributed by atoms with Crippen molar-refractivity contribution in [1.82, 2.24) is 0 Å². The summed E-state index contributed by atoms with van der Waals surface area (Å²) in [6.07, 6.45) is 0. The van der Waals surface area contributed by atoms with Crippen molar-refractivity contribution in [3.63, 3.8) is 0 Å². The fraction of sp³-hybridized carbons (Fsp3) is 0.185. The molecule has 0 unspecified atom stereocenters. The number of methoxy groups -OCH3 is 1. The number of amides is 2. The van der Waals surface area contributed by atoms with Crippen molar-refractivity contribution in [2.75, 3.05) is 30.5 Å². The molecule has 7 heteroatoms. The van der Waals surface area contributed by atoms with Crippen LogP contribution in [-0.2, 0) is 9.59 Å². The van der Waals surface area contributed by atoms with Gasteiger partial charge in [0.25, 0.3) is 11.8 Å². The molecular formula is C27H26N2O5. The highest BCUT2D eigenvalue weighted by Gasteiger charge is 2.41. The highest BCUT2D eigenvalue weighted by molar-refractivity contribution is 6.46. The number of carbonyl (C=O) groups excluding carboxylic acids is 2. The lowest BCUT2D eigenvalue weighted by atomic mass is 10.0. The minimum atomic E-state index is -0.482. The Kier molecular flexibility index (Phi) is 6.82. The van der Waals surface area contributed by atoms with Crippen molar-refractivity contribution < 1.29 is 23.8 Å². The average Bonchev–Trinajstić information content (AvgIpc) is 3.10. The van der Waals surface area contributed by atoms with E-state index in [1.54, 1.807) is 54.6 Å². The molecule has 2 amide bonds. The van der Waals surface area contributed by atoms with Gasteiger partial charge in [-0.3, -0.25) is 9.59 Å². The molecule has 1 aliphatic rings. The number of ether oxygens (including phenoxy) is 3. The van der Waals surface area contributed by atoms with Crippen LogP contribution in [-0.4, -0.2) is 32.1 Å². The normalized spacial score (nSPS) is 13.3. The molecule has 0 saturated heterocycles. The van der Waals surface area contributed by atoms with Gasteiger partial charge in [-0.15, -0.1) is 0 Å². The third-order valence-electron chi connectivity index (χ3n) is 5.31. The minimum Gasteiger partial charge on any atom is -0.495 e. The molecule has 0 fully saturated rings. The Morgan fingerprint density at radius 1 is 0.765 bits per heavy atom. The van der Waals surface area contributed by atoms with Gasteiger partial charge in [0.2, 0.25) is 0 Å². The second-order valence-electron chi connectivity index (χ2n) is 7.38. The minimum absolute atomic E-state index is 0.159. The van der Waals surface area contributed by atoms with E-state index in [1.807, 2.05) is 32.0 Å². The van der Waals surface area contributed by atoms with Crippen molar-refractivity contribution in [2.45, 2.75) is 13.8 Å². The summed E-state index contributed by atoms with van der Waals surface area (Å²) in [6, 6.07) is 21.3. The van der Waals surface area contributed by atoms with Crippen molar-refractivity contribution in [1.29, 1.82) is 0 Å². The molecule has 1 N–H and O–H groups in total. The average molecular weight is 459 g/mol. The predicted molar refractivity (Wildman–Crippen MR) is 131 cm³/mol. The summed E-state index contributed by atoms with van der Waals surface area (Å²) in [5.41, 5.74) is 1.97. The molecule has 4 rings (SSSR count). The Hall–Kier alpha value is -4.26. The zero-order valence-electron chi connectivity index (χ0n) is 19.3. The van der Waals surface area contributed by atoms with Crippen LogP contribution in [0, 0.1) is 0 Å². The van der Waals surface area contributed by atoms with Crippen LogP contribution in [0.4, 0.5) is 11.4 Å². The zero-order chi connectivity index (χ0) is 24.1. The molecule has 0 radical (unpaired) electrons. The number of anilines is 2. The summed E-state index contributed by atoms with van der Waals surface area (Å²) in [5, 5.41) is 3.17. The quantitative estimate of drug-likeness (QED) is 0.460. The number of imide groups is 1. The molecule has 0 spiro atoms. The van der Waals surface area contributed by atoms with Crippen LogP contribution in [0.2, 0.25) is 0 Å². The van der Waals surface area contributed by atoms with E-state index in [1.165, 1.54) is 7.11 Å². The van der Waals surface area contributed by atoms with E-state index in [2.05, 4.69) is 5.32 Å². The summed E-state index contributed by atoms with van der Waals surface area (Å²) < 4.78 is 16.7. The van der Waals surface area contributed by atoms with Crippen molar-refractivity contribution in [3.05, 3.63) is 84.1 Å². The predicted octanol–water partition coefficient (Wildman–Crippen LogP) is 4.89. The van der Waals surface area contributed by atoms with Gasteiger partial charge in [-0.2, -0.15) is 0 Å². The molecule has 3 aromatic carbocycles. The van der Waals surface area contributed by atoms with Crippen LogP contribution in [0.25, 0.3) is 5.57 Å². The fourth-order valence-electron chi connectivity index (χ4n) is 3.82. The number of carbonyl (C=O) groups is 2. The Bertz CT molecular complexity index is 1230. The Morgan fingerprint density at radius 3 is 2.09 bits per heavy atom. The van der Waals surface area contributed by atoms with Crippen LogP contribution >= 0.6 is 0 Å². The van der Waals surface area contributed by atoms with Gasteiger partial charge < -0.3 is 19.5 Å². The van der Waals surface area contributed by atoms with E-state index in [9.17, 15) is 9.59 Å². The lowest BCUT2D eigenvalue weighted by Crippen LogP contribution is -2.32. The van der Waals surface area contributed by atoms with E-state index in [0.717, 1.165) is 4.90 Å². The van der Waals surface area contributed by atoms with Gasteiger partial charge >= 0.3 is 0 Å². The van der Waals surface area contributed by atoms with Crippen LogP contribution in [0.15, 0.2) is 78.5 Å². The maximum absolute atomic E-state index is 13.7. The van der Waals surface area contributed by atoms with E-state index in [-0.39, 0.29) is 11.3 Å². The zero-order valence-corrected chi connectivity index (χ0v) is 19.3. The number of hydrogen-bond acceptors (Lipinski definition) is 6. The first-order valence-electron chi connectivity index (χ1n) is 11.1. The number of nitrogens with zero attached hydrogens (tertiary/aromatic N) is 1. The van der Waals surface area contributed by atoms with Gasteiger partial charge in [0, 0.05) is 0 Å². The van der Waals surface area contributed by atoms with Gasteiger partial charge in [-0.25, -0.2) is 4.90 Å². The van der Waals surface area contributed by atoms with Gasteiger partial charge in [-0.1, -0.05) is 36.4 Å². The molecular weight excluding hydrogens is 432 g/mol. The smallest absolute Gasteiger partial charge is 0.282 e. The summed E-state index contributed by atoms with van der Waals surface area (Å²) in [6.45, 7) is 4.78. The molecule has 34 heavy (non-hydrogen) atoms. The maximum Gasteiger partial charge on any atom is 0.282 e. The van der Waals surface area contributed by atoms with Crippen molar-refractivity contribution in [2.24, 2.45) is 0 Å². The second-order valence-corrected chi connectivity index (χ2v) is 7.38. The first-order chi connectivity index (χ1) is 16.6. The monoisotopic (exact) mass is 458 g/mol. The molecule has 174 valence electrons. The van der Waals surface area contributed by atoms with Gasteiger partial charge in [0.15, 0.2) is 0 Å². The largest absolute Gasteiger partial charge is 0.495 e. The van der Waals surface area contributed by atoms with E-state index in [4.69, 9.17) is 14.2 Å². The molecule has 0 atom stereocenters. The van der Waals surface area contributed by atoms with E-state index >= 15 is 0 Å². The first kappa shape index (κ1) is 22.9. The highest BCUT2D eigenvalue weighted by atomic mass is 16.5. The number of para-hydroxylation sites is 4. The highest BCUT2D eigenvalue weighted by Crippen LogP contribution is 2.39. The molecule has 3 aromatic rings. The second kappa shape index (κ2) is 10.1. The third kappa shape index (κ3) is 4.32. The van der Waals surface area contributed by atoms with Crippen molar-refractivity contribution >= 4 is 28.8 Å². The lowest BCUT2D eigenvalue weighted by molar-refractivity contribution is -0.120. The molecule has 0 saturated carbocycles. The summed E-state index contributed by atoms with van der Waals surface area (Å²) in [4.78, 5) is 28.5. The SMILES string of the molecule is CCOc1ccc(C2=C(Nc3ccccc3OCC)C(=O)N(c3ccccc3OC)C2=O)cc1. The van der Waals surface area contributed by atoms with E-state index in [0.29, 0.717) is 47.4 Å². The van der Waals surface area contributed by atoms with E-state index < -0.39 is 11.8 Å². The van der Waals surface area contributed by atoms with Crippen LogP contribution in [0.3, 0.4) is 0 Å². The summed E-state index contributed by atoms with van der Waals surface area (Å²) in [5.74, 6) is 0.756. The van der Waals surface area contributed by atoms with Gasteiger partial charge in [-0.05, 0) is 55.8 Å². The van der Waals surface area contributed by atoms with Crippen LogP contribution in [0.5, 0.6) is 17.2 Å². The molecule has 1 heterocycles. The summed E-state index contributed by atoms with van der Waals surface area (Å²) >= 11 is 0. The summed E-state index contributed by atoms with van der Waals surface area (Å²) in [7, 11) is 1.50. The number of nitrogens with one attached hydrogen (secondary N) is 1. The van der Waals surface area contributed by atoms with Crippen LogP contribution in [0.1, 0.15) is 19.4 Å². The van der Waals surface area contributed by atoms with Gasteiger partial charge in [0.05, 0.1) is 37.3 Å². The van der Waals surface area contributed by atoms with Gasteiger partial charge in [0.1, 0.15) is 22.9 Å². The first-order valence-corrected chi connectivity index (χ1v) is 11.1. The molecule has 0 aliphatic carbocycles. The number of benzene rings is 3. The van der Waals surface area contributed by atoms with Crippen molar-refractivity contribution in [3.8, 4) is 17.2 Å². The Morgan fingerprint density at radius 2 is 1.41 bits per heavy atom. The topological polar surface area (TPSA) is 77.1 Å². The Balaban J connectivity index is 1.83. The number of hydrogen-bond donors (Lipinski definition) is 1. The molecule has 0 aromatic heterocycles.